The highest BCUT2D eigenvalue weighted by Gasteiger charge is 2.25. The predicted octanol–water partition coefficient (Wildman–Crippen LogP) is 2.94. The fraction of sp³-hybridized carbons (Fsp3) is 0.412. The van der Waals surface area contributed by atoms with Crippen LogP contribution in [-0.4, -0.2) is 17.4 Å². The molecule has 3 N–H and O–H groups in total. The first-order valence-electron chi connectivity index (χ1n) is 7.62. The number of carbonyl (C=O) groups is 1. The van der Waals surface area contributed by atoms with Crippen LogP contribution in [0.1, 0.15) is 25.7 Å². The molecule has 0 aliphatic heterocycles. The third-order valence-corrected chi connectivity index (χ3v) is 4.42. The molecule has 2 aromatic rings. The zero-order chi connectivity index (χ0) is 14.7. The van der Waals surface area contributed by atoms with Gasteiger partial charge >= 0.3 is 0 Å². The monoisotopic (exact) mass is 283 g/mol. The maximum Gasteiger partial charge on any atom is 0.227 e. The average Bonchev–Trinajstić information content (AvgIpc) is 2.55. The quantitative estimate of drug-likeness (QED) is 0.910. The Morgan fingerprint density at radius 3 is 2.81 bits per heavy atom. The summed E-state index contributed by atoms with van der Waals surface area (Å²) >= 11 is 0. The number of amides is 1. The molecule has 0 spiro atoms. The summed E-state index contributed by atoms with van der Waals surface area (Å²) < 4.78 is 0. The van der Waals surface area contributed by atoms with Gasteiger partial charge in [-0.15, -0.1) is 0 Å². The van der Waals surface area contributed by atoms with Gasteiger partial charge in [0.1, 0.15) is 0 Å². The summed E-state index contributed by atoms with van der Waals surface area (Å²) in [5, 5.41) is 4.08. The minimum Gasteiger partial charge on any atom is -0.330 e. The third-order valence-electron chi connectivity index (χ3n) is 4.42. The molecule has 3 rings (SSSR count). The standard InChI is InChI=1S/C17H21N3O/c18-11-12-3-5-13(6-4-12)17(21)20-15-7-8-16-14(10-15)2-1-9-19-16/h1-2,7-10,12-13H,3-6,11,18H2,(H,20,21). The van der Waals surface area contributed by atoms with Gasteiger partial charge in [-0.05, 0) is 62.4 Å². The molecule has 0 atom stereocenters. The molecule has 1 heterocycles. The number of carbonyl (C=O) groups excluding carboxylic acids is 1. The molecule has 0 unspecified atom stereocenters. The molecule has 0 saturated heterocycles. The molecule has 1 aromatic carbocycles. The van der Waals surface area contributed by atoms with E-state index in [4.69, 9.17) is 5.73 Å². The van der Waals surface area contributed by atoms with E-state index in [1.807, 2.05) is 30.3 Å². The second kappa shape index (κ2) is 6.22. The van der Waals surface area contributed by atoms with Crippen LogP contribution in [0.2, 0.25) is 0 Å². The van der Waals surface area contributed by atoms with Crippen molar-refractivity contribution in [1.29, 1.82) is 0 Å². The number of benzene rings is 1. The summed E-state index contributed by atoms with van der Waals surface area (Å²) in [5.74, 6) is 0.854. The highest BCUT2D eigenvalue weighted by atomic mass is 16.1. The first-order chi connectivity index (χ1) is 10.3. The SMILES string of the molecule is NCC1CCC(C(=O)Nc2ccc3ncccc3c2)CC1. The van der Waals surface area contributed by atoms with Crippen LogP contribution in [0.25, 0.3) is 10.9 Å². The van der Waals surface area contributed by atoms with Gasteiger partial charge in [0, 0.05) is 23.2 Å². The summed E-state index contributed by atoms with van der Waals surface area (Å²) in [5.41, 5.74) is 7.49. The van der Waals surface area contributed by atoms with E-state index in [1.165, 1.54) is 0 Å². The normalized spacial score (nSPS) is 22.1. The molecule has 21 heavy (non-hydrogen) atoms. The Balaban J connectivity index is 1.66. The zero-order valence-electron chi connectivity index (χ0n) is 12.1. The lowest BCUT2D eigenvalue weighted by molar-refractivity contribution is -0.121. The number of fused-ring (bicyclic) bond motifs is 1. The van der Waals surface area contributed by atoms with Gasteiger partial charge in [-0.1, -0.05) is 6.07 Å². The van der Waals surface area contributed by atoms with Crippen LogP contribution in [0, 0.1) is 11.8 Å². The third kappa shape index (κ3) is 3.22. The Morgan fingerprint density at radius 1 is 1.24 bits per heavy atom. The Morgan fingerprint density at radius 2 is 2.05 bits per heavy atom. The molecular formula is C17H21N3O. The van der Waals surface area contributed by atoms with Gasteiger partial charge in [-0.25, -0.2) is 0 Å². The number of nitrogens with zero attached hydrogens (tertiary/aromatic N) is 1. The van der Waals surface area contributed by atoms with Crippen LogP contribution in [0.5, 0.6) is 0 Å². The number of pyridine rings is 1. The van der Waals surface area contributed by atoms with E-state index >= 15 is 0 Å². The van der Waals surface area contributed by atoms with Crippen molar-refractivity contribution in [3.05, 3.63) is 36.5 Å². The molecule has 110 valence electrons. The van der Waals surface area contributed by atoms with Crippen molar-refractivity contribution in [2.75, 3.05) is 11.9 Å². The fourth-order valence-corrected chi connectivity index (χ4v) is 3.06. The first kappa shape index (κ1) is 14.0. The highest BCUT2D eigenvalue weighted by Crippen LogP contribution is 2.29. The van der Waals surface area contributed by atoms with Crippen LogP contribution < -0.4 is 11.1 Å². The molecular weight excluding hydrogens is 262 g/mol. The van der Waals surface area contributed by atoms with Crippen molar-refractivity contribution in [3.8, 4) is 0 Å². The van der Waals surface area contributed by atoms with Crippen molar-refractivity contribution in [2.45, 2.75) is 25.7 Å². The number of nitrogens with one attached hydrogen (secondary N) is 1. The van der Waals surface area contributed by atoms with Gasteiger partial charge in [0.2, 0.25) is 5.91 Å². The van der Waals surface area contributed by atoms with Crippen molar-refractivity contribution >= 4 is 22.5 Å². The lowest BCUT2D eigenvalue weighted by Gasteiger charge is -2.26. The number of hydrogen-bond donors (Lipinski definition) is 2. The van der Waals surface area contributed by atoms with E-state index in [-0.39, 0.29) is 11.8 Å². The number of aromatic nitrogens is 1. The Labute approximate surface area is 124 Å². The van der Waals surface area contributed by atoms with Gasteiger partial charge in [0.05, 0.1) is 5.52 Å². The average molecular weight is 283 g/mol. The highest BCUT2D eigenvalue weighted by molar-refractivity contribution is 5.95. The molecule has 1 aromatic heterocycles. The number of rotatable bonds is 3. The maximum atomic E-state index is 12.3. The minimum absolute atomic E-state index is 0.123. The smallest absolute Gasteiger partial charge is 0.227 e. The summed E-state index contributed by atoms with van der Waals surface area (Å²) in [4.78, 5) is 16.6. The number of nitrogens with two attached hydrogens (primary N) is 1. The molecule has 1 saturated carbocycles. The van der Waals surface area contributed by atoms with Crippen LogP contribution in [0.3, 0.4) is 0 Å². The van der Waals surface area contributed by atoms with Crippen molar-refractivity contribution < 1.29 is 4.79 Å². The Kier molecular flexibility index (Phi) is 4.15. The van der Waals surface area contributed by atoms with E-state index in [2.05, 4.69) is 10.3 Å². The van der Waals surface area contributed by atoms with Gasteiger partial charge in [-0.2, -0.15) is 0 Å². The molecule has 1 amide bonds. The van der Waals surface area contributed by atoms with Gasteiger partial charge < -0.3 is 11.1 Å². The van der Waals surface area contributed by atoms with E-state index in [0.29, 0.717) is 5.92 Å². The summed E-state index contributed by atoms with van der Waals surface area (Å²) in [7, 11) is 0. The molecule has 1 aliphatic rings. The fourth-order valence-electron chi connectivity index (χ4n) is 3.06. The topological polar surface area (TPSA) is 68.0 Å². The van der Waals surface area contributed by atoms with E-state index in [9.17, 15) is 4.79 Å². The van der Waals surface area contributed by atoms with E-state index in [0.717, 1.165) is 48.8 Å². The largest absolute Gasteiger partial charge is 0.330 e. The first-order valence-corrected chi connectivity index (χ1v) is 7.62. The van der Waals surface area contributed by atoms with Crippen LogP contribution in [-0.2, 0) is 4.79 Å². The number of hydrogen-bond acceptors (Lipinski definition) is 3. The molecule has 4 nitrogen and oxygen atoms in total. The van der Waals surface area contributed by atoms with E-state index < -0.39 is 0 Å². The second-order valence-electron chi connectivity index (χ2n) is 5.85. The molecule has 1 fully saturated rings. The predicted molar refractivity (Wildman–Crippen MR) is 84.9 cm³/mol. The summed E-state index contributed by atoms with van der Waals surface area (Å²) in [6.45, 7) is 0.742. The van der Waals surface area contributed by atoms with Gasteiger partial charge in [0.15, 0.2) is 0 Å². The second-order valence-corrected chi connectivity index (χ2v) is 5.85. The van der Waals surface area contributed by atoms with Crippen molar-refractivity contribution in [2.24, 2.45) is 17.6 Å². The summed E-state index contributed by atoms with van der Waals surface area (Å²) in [6.07, 6.45) is 5.80. The number of anilines is 1. The zero-order valence-corrected chi connectivity index (χ0v) is 12.1. The van der Waals surface area contributed by atoms with Crippen molar-refractivity contribution in [1.82, 2.24) is 4.98 Å². The molecule has 1 aliphatic carbocycles. The van der Waals surface area contributed by atoms with Crippen LogP contribution in [0.15, 0.2) is 36.5 Å². The van der Waals surface area contributed by atoms with E-state index in [1.54, 1.807) is 6.20 Å². The van der Waals surface area contributed by atoms with Crippen LogP contribution in [0.4, 0.5) is 5.69 Å². The van der Waals surface area contributed by atoms with Gasteiger partial charge in [0.25, 0.3) is 0 Å². The Bertz CT molecular complexity index is 633. The Hall–Kier alpha value is -1.94. The molecule has 4 heteroatoms. The van der Waals surface area contributed by atoms with Gasteiger partial charge in [-0.3, -0.25) is 9.78 Å². The molecule has 0 radical (unpaired) electrons. The van der Waals surface area contributed by atoms with Crippen LogP contribution >= 0.6 is 0 Å². The van der Waals surface area contributed by atoms with Crippen molar-refractivity contribution in [3.63, 3.8) is 0 Å². The minimum atomic E-state index is 0.123. The lowest BCUT2D eigenvalue weighted by Crippen LogP contribution is -2.29. The molecule has 0 bridgehead atoms. The summed E-state index contributed by atoms with van der Waals surface area (Å²) in [6, 6.07) is 9.74. The lowest BCUT2D eigenvalue weighted by atomic mass is 9.81. The maximum absolute atomic E-state index is 12.3.